The molecule has 150 valence electrons. The average molecular weight is 422 g/mol. The first-order valence-electron chi connectivity index (χ1n) is 9.32. The number of halogens is 2. The molecule has 1 saturated heterocycles. The monoisotopic (exact) mass is 421 g/mol. The molecule has 0 atom stereocenters. The van der Waals surface area contributed by atoms with Crippen LogP contribution >= 0.6 is 23.2 Å². The van der Waals surface area contributed by atoms with Crippen molar-refractivity contribution in [3.8, 4) is 0 Å². The van der Waals surface area contributed by atoms with E-state index in [0.29, 0.717) is 29.8 Å². The van der Waals surface area contributed by atoms with Gasteiger partial charge in [-0.2, -0.15) is 5.10 Å². The van der Waals surface area contributed by atoms with Crippen molar-refractivity contribution in [1.82, 2.24) is 15.1 Å². The van der Waals surface area contributed by atoms with Crippen molar-refractivity contribution in [1.29, 1.82) is 0 Å². The lowest BCUT2D eigenvalue weighted by Crippen LogP contribution is -2.44. The Hall–Kier alpha value is -1.82. The van der Waals surface area contributed by atoms with E-state index >= 15 is 0 Å². The molecule has 3 rings (SSSR count). The van der Waals surface area contributed by atoms with Crippen LogP contribution in [0.3, 0.4) is 0 Å². The summed E-state index contributed by atoms with van der Waals surface area (Å²) in [6.07, 6.45) is 4.96. The minimum Gasteiger partial charge on any atom is -0.381 e. The molecule has 1 fully saturated rings. The number of aromatic nitrogens is 2. The van der Waals surface area contributed by atoms with Gasteiger partial charge in [0.05, 0.1) is 5.69 Å². The maximum atomic E-state index is 12.5. The van der Waals surface area contributed by atoms with Gasteiger partial charge in [-0.3, -0.25) is 9.48 Å². The van der Waals surface area contributed by atoms with Gasteiger partial charge in [0.25, 0.3) is 0 Å². The molecule has 1 amide bonds. The lowest BCUT2D eigenvalue weighted by molar-refractivity contribution is -0.116. The minimum atomic E-state index is -0.260. The normalized spacial score (nSPS) is 16.5. The van der Waals surface area contributed by atoms with Gasteiger partial charge in [-0.1, -0.05) is 29.3 Å². The van der Waals surface area contributed by atoms with Gasteiger partial charge in [0.15, 0.2) is 0 Å². The Morgan fingerprint density at radius 2 is 2.04 bits per heavy atom. The number of carbonyl (C=O) groups is 1. The molecule has 0 saturated carbocycles. The minimum absolute atomic E-state index is 0.140. The summed E-state index contributed by atoms with van der Waals surface area (Å²) >= 11 is 12.5. The van der Waals surface area contributed by atoms with Gasteiger partial charge in [-0.05, 0) is 50.5 Å². The van der Waals surface area contributed by atoms with Crippen molar-refractivity contribution >= 4 is 35.2 Å². The first-order chi connectivity index (χ1) is 13.3. The number of amides is 1. The zero-order chi connectivity index (χ0) is 20.3. The SMILES string of the molecule is Cc1nn(C)c(C)c1C=CC(=O)NCC1(c2ccc(Cl)cc2Cl)CCOCC1. The second-order valence-electron chi connectivity index (χ2n) is 7.28. The third kappa shape index (κ3) is 4.43. The Labute approximate surface area is 175 Å². The van der Waals surface area contributed by atoms with Crippen molar-refractivity contribution in [2.24, 2.45) is 7.05 Å². The largest absolute Gasteiger partial charge is 0.381 e. The quantitative estimate of drug-likeness (QED) is 0.735. The molecule has 7 heteroatoms. The topological polar surface area (TPSA) is 56.2 Å². The Balaban J connectivity index is 1.75. The van der Waals surface area contributed by atoms with E-state index in [4.69, 9.17) is 27.9 Å². The lowest BCUT2D eigenvalue weighted by Gasteiger charge is -2.38. The van der Waals surface area contributed by atoms with E-state index in [1.54, 1.807) is 12.1 Å². The summed E-state index contributed by atoms with van der Waals surface area (Å²) in [5, 5.41) is 8.65. The molecule has 0 spiro atoms. The summed E-state index contributed by atoms with van der Waals surface area (Å²) in [4.78, 5) is 12.5. The molecule has 5 nitrogen and oxygen atoms in total. The number of aryl methyl sites for hydroxylation is 2. The summed E-state index contributed by atoms with van der Waals surface area (Å²) in [7, 11) is 1.89. The number of carbonyl (C=O) groups excluding carboxylic acids is 1. The van der Waals surface area contributed by atoms with E-state index in [-0.39, 0.29) is 11.3 Å². The van der Waals surface area contributed by atoms with Crippen LogP contribution in [0.4, 0.5) is 0 Å². The van der Waals surface area contributed by atoms with Crippen LogP contribution < -0.4 is 5.32 Å². The number of hydrogen-bond donors (Lipinski definition) is 1. The second kappa shape index (κ2) is 8.68. The maximum absolute atomic E-state index is 12.5. The molecule has 28 heavy (non-hydrogen) atoms. The molecule has 1 aliphatic heterocycles. The standard InChI is InChI=1S/C21H25Cl2N3O2/c1-14-17(15(2)26(3)25-14)5-7-20(27)24-13-21(8-10-28-11-9-21)18-6-4-16(22)12-19(18)23/h4-7,12H,8-11,13H2,1-3H3,(H,24,27). The van der Waals surface area contributed by atoms with Crippen molar-refractivity contribution in [2.75, 3.05) is 19.8 Å². The van der Waals surface area contributed by atoms with E-state index in [1.165, 1.54) is 0 Å². The van der Waals surface area contributed by atoms with Gasteiger partial charge >= 0.3 is 0 Å². The maximum Gasteiger partial charge on any atom is 0.244 e. The van der Waals surface area contributed by atoms with Crippen LogP contribution in [0, 0.1) is 13.8 Å². The summed E-state index contributed by atoms with van der Waals surface area (Å²) in [5.41, 5.74) is 3.64. The van der Waals surface area contributed by atoms with Crippen molar-refractivity contribution < 1.29 is 9.53 Å². The van der Waals surface area contributed by atoms with Crippen LogP contribution in [0.5, 0.6) is 0 Å². The van der Waals surface area contributed by atoms with E-state index < -0.39 is 0 Å². The predicted octanol–water partition coefficient (Wildman–Crippen LogP) is 4.22. The molecule has 0 radical (unpaired) electrons. The van der Waals surface area contributed by atoms with Crippen molar-refractivity contribution in [2.45, 2.75) is 32.1 Å². The van der Waals surface area contributed by atoms with Gasteiger partial charge in [-0.15, -0.1) is 0 Å². The Bertz CT molecular complexity index is 899. The number of benzene rings is 1. The predicted molar refractivity (Wildman–Crippen MR) is 113 cm³/mol. The highest BCUT2D eigenvalue weighted by molar-refractivity contribution is 6.35. The third-order valence-corrected chi connectivity index (χ3v) is 6.07. The summed E-state index contributed by atoms with van der Waals surface area (Å²) in [5.74, 6) is -0.140. The van der Waals surface area contributed by atoms with Crippen molar-refractivity contribution in [3.63, 3.8) is 0 Å². The van der Waals surface area contributed by atoms with Crippen molar-refractivity contribution in [3.05, 3.63) is 56.8 Å². The zero-order valence-corrected chi connectivity index (χ0v) is 17.9. The molecule has 1 aromatic heterocycles. The van der Waals surface area contributed by atoms with Gasteiger partial charge < -0.3 is 10.1 Å². The second-order valence-corrected chi connectivity index (χ2v) is 8.12. The molecule has 1 aromatic carbocycles. The summed E-state index contributed by atoms with van der Waals surface area (Å²) in [6.45, 7) is 5.69. The van der Waals surface area contributed by atoms with E-state index in [2.05, 4.69) is 10.4 Å². The molecule has 0 bridgehead atoms. The molecule has 0 aliphatic carbocycles. The lowest BCUT2D eigenvalue weighted by atomic mass is 9.74. The number of ether oxygens (including phenoxy) is 1. The fourth-order valence-electron chi connectivity index (χ4n) is 3.73. The van der Waals surface area contributed by atoms with E-state index in [0.717, 1.165) is 35.4 Å². The first kappa shape index (κ1) is 20.9. The fourth-order valence-corrected chi connectivity index (χ4v) is 4.34. The van der Waals surface area contributed by atoms with Crippen LogP contribution in [-0.2, 0) is 22.0 Å². The number of nitrogens with one attached hydrogen (secondary N) is 1. The van der Waals surface area contributed by atoms with Gasteiger partial charge in [0.2, 0.25) is 5.91 Å². The smallest absolute Gasteiger partial charge is 0.244 e. The first-order valence-corrected chi connectivity index (χ1v) is 10.1. The highest BCUT2D eigenvalue weighted by Crippen LogP contribution is 2.39. The Morgan fingerprint density at radius 1 is 1.32 bits per heavy atom. The van der Waals surface area contributed by atoms with Crippen LogP contribution in [0.25, 0.3) is 6.08 Å². The van der Waals surface area contributed by atoms with Gasteiger partial charge in [0.1, 0.15) is 0 Å². The van der Waals surface area contributed by atoms with Gasteiger partial charge in [-0.25, -0.2) is 0 Å². The van der Waals surface area contributed by atoms with Crippen LogP contribution in [0.1, 0.15) is 35.4 Å². The molecule has 1 aliphatic rings. The van der Waals surface area contributed by atoms with Crippen LogP contribution in [0.2, 0.25) is 10.0 Å². The highest BCUT2D eigenvalue weighted by atomic mass is 35.5. The zero-order valence-electron chi connectivity index (χ0n) is 16.4. The molecule has 2 aromatic rings. The van der Waals surface area contributed by atoms with E-state index in [9.17, 15) is 4.79 Å². The molecule has 0 unspecified atom stereocenters. The molecular weight excluding hydrogens is 397 g/mol. The number of rotatable bonds is 5. The molecular formula is C21H25Cl2N3O2. The Morgan fingerprint density at radius 3 is 2.64 bits per heavy atom. The van der Waals surface area contributed by atoms with Crippen LogP contribution in [0.15, 0.2) is 24.3 Å². The van der Waals surface area contributed by atoms with Crippen LogP contribution in [-0.4, -0.2) is 35.4 Å². The fraction of sp³-hybridized carbons (Fsp3) is 0.429. The average Bonchev–Trinajstić information content (AvgIpc) is 2.90. The highest BCUT2D eigenvalue weighted by Gasteiger charge is 2.36. The molecule has 2 heterocycles. The number of nitrogens with zero attached hydrogens (tertiary/aromatic N) is 2. The van der Waals surface area contributed by atoms with Gasteiger partial charge in [0, 0.05) is 59.6 Å². The summed E-state index contributed by atoms with van der Waals surface area (Å²) in [6, 6.07) is 5.56. The third-order valence-electron chi connectivity index (χ3n) is 5.52. The Kier molecular flexibility index (Phi) is 6.48. The number of hydrogen-bond acceptors (Lipinski definition) is 3. The molecule has 1 N–H and O–H groups in total. The summed E-state index contributed by atoms with van der Waals surface area (Å²) < 4.78 is 7.36. The van der Waals surface area contributed by atoms with E-state index in [1.807, 2.05) is 43.8 Å².